The molecule has 0 saturated heterocycles. The highest BCUT2D eigenvalue weighted by Crippen LogP contribution is 2.08. The van der Waals surface area contributed by atoms with E-state index < -0.39 is 5.60 Å². The van der Waals surface area contributed by atoms with Crippen LogP contribution in [0.2, 0.25) is 0 Å². The molecule has 1 unspecified atom stereocenters. The Morgan fingerprint density at radius 3 is 2.25 bits per heavy atom. The van der Waals surface area contributed by atoms with Crippen molar-refractivity contribution in [3.8, 4) is 0 Å². The van der Waals surface area contributed by atoms with E-state index >= 15 is 0 Å². The highest BCUT2D eigenvalue weighted by Gasteiger charge is 2.15. The van der Waals surface area contributed by atoms with E-state index in [1.165, 1.54) is 6.42 Å². The maximum absolute atomic E-state index is 11.4. The molecule has 5 nitrogen and oxygen atoms in total. The molecule has 20 heavy (non-hydrogen) atoms. The van der Waals surface area contributed by atoms with Crippen LogP contribution in [0.3, 0.4) is 0 Å². The number of nitrogens with zero attached hydrogens (tertiary/aromatic N) is 1. The van der Waals surface area contributed by atoms with E-state index in [0.717, 1.165) is 13.1 Å². The van der Waals surface area contributed by atoms with Gasteiger partial charge < -0.3 is 20.3 Å². The fourth-order valence-corrected chi connectivity index (χ4v) is 1.86. The van der Waals surface area contributed by atoms with Crippen LogP contribution in [0.15, 0.2) is 0 Å². The molecule has 120 valence electrons. The van der Waals surface area contributed by atoms with Crippen molar-refractivity contribution in [2.45, 2.75) is 52.7 Å². The third-order valence-electron chi connectivity index (χ3n) is 2.82. The molecule has 0 aliphatic heterocycles. The predicted molar refractivity (Wildman–Crippen MR) is 84.0 cm³/mol. The number of rotatable bonds is 8. The van der Waals surface area contributed by atoms with Crippen LogP contribution in [0.4, 0.5) is 4.79 Å². The summed E-state index contributed by atoms with van der Waals surface area (Å²) in [6.45, 7) is 12.3. The van der Waals surface area contributed by atoms with Crippen LogP contribution in [0.25, 0.3) is 0 Å². The Labute approximate surface area is 124 Å². The van der Waals surface area contributed by atoms with Crippen LogP contribution >= 0.6 is 0 Å². The second kappa shape index (κ2) is 9.19. The number of carbonyl (C=O) groups is 1. The Hall–Kier alpha value is -0.810. The molecule has 2 N–H and O–H groups in total. The maximum Gasteiger partial charge on any atom is 0.407 e. The number of hydrogen-bond donors (Lipinski definition) is 2. The van der Waals surface area contributed by atoms with Crippen LogP contribution in [0.1, 0.15) is 41.0 Å². The number of nitrogens with one attached hydrogen (secondary N) is 2. The first-order valence-electron chi connectivity index (χ1n) is 7.46. The molecular weight excluding hydrogens is 254 g/mol. The van der Waals surface area contributed by atoms with E-state index in [1.54, 1.807) is 0 Å². The highest BCUT2D eigenvalue weighted by molar-refractivity contribution is 5.67. The minimum Gasteiger partial charge on any atom is -0.444 e. The fraction of sp³-hybridized carbons (Fsp3) is 0.933. The van der Waals surface area contributed by atoms with E-state index in [9.17, 15) is 4.79 Å². The number of alkyl carbamates (subject to hydrolysis) is 1. The van der Waals surface area contributed by atoms with Crippen LogP contribution in [-0.4, -0.2) is 56.4 Å². The van der Waals surface area contributed by atoms with Crippen molar-refractivity contribution in [1.82, 2.24) is 15.5 Å². The molecule has 1 atom stereocenters. The van der Waals surface area contributed by atoms with Crippen LogP contribution < -0.4 is 10.6 Å². The molecule has 0 aliphatic carbocycles. The summed E-state index contributed by atoms with van der Waals surface area (Å²) in [5, 5.41) is 6.12. The molecule has 0 radical (unpaired) electrons. The molecule has 0 aromatic rings. The SMILES string of the molecule is CC(C)CC(CNCCNC(=O)OC(C)(C)C)N(C)C. The number of amides is 1. The van der Waals surface area contributed by atoms with Crippen LogP contribution in [-0.2, 0) is 4.74 Å². The number of ether oxygens (including phenoxy) is 1. The van der Waals surface area contributed by atoms with Crippen molar-refractivity contribution in [2.75, 3.05) is 33.7 Å². The van der Waals surface area contributed by atoms with Gasteiger partial charge in [-0.2, -0.15) is 0 Å². The van der Waals surface area contributed by atoms with E-state index in [2.05, 4.69) is 43.5 Å². The topological polar surface area (TPSA) is 53.6 Å². The second-order valence-corrected chi connectivity index (χ2v) is 6.88. The summed E-state index contributed by atoms with van der Waals surface area (Å²) in [6, 6.07) is 0.525. The standard InChI is InChI=1S/C15H33N3O2/c1-12(2)10-13(18(6)7)11-16-8-9-17-14(19)20-15(3,4)5/h12-13,16H,8-11H2,1-7H3,(H,17,19). The van der Waals surface area contributed by atoms with Crippen molar-refractivity contribution in [1.29, 1.82) is 0 Å². The molecule has 5 heteroatoms. The van der Waals surface area contributed by atoms with Gasteiger partial charge in [-0.1, -0.05) is 13.8 Å². The van der Waals surface area contributed by atoms with Gasteiger partial charge in [0.25, 0.3) is 0 Å². The van der Waals surface area contributed by atoms with Crippen molar-refractivity contribution in [3.05, 3.63) is 0 Å². The van der Waals surface area contributed by atoms with Gasteiger partial charge in [0.05, 0.1) is 0 Å². The Morgan fingerprint density at radius 2 is 1.80 bits per heavy atom. The van der Waals surface area contributed by atoms with Gasteiger partial charge >= 0.3 is 6.09 Å². The smallest absolute Gasteiger partial charge is 0.407 e. The minimum atomic E-state index is -0.440. The van der Waals surface area contributed by atoms with Crippen LogP contribution in [0, 0.1) is 5.92 Å². The lowest BCUT2D eigenvalue weighted by atomic mass is 10.0. The van der Waals surface area contributed by atoms with Gasteiger partial charge in [-0.3, -0.25) is 0 Å². The monoisotopic (exact) mass is 287 g/mol. The average Bonchev–Trinajstić information content (AvgIpc) is 2.23. The highest BCUT2D eigenvalue weighted by atomic mass is 16.6. The first-order valence-corrected chi connectivity index (χ1v) is 7.46. The number of hydrogen-bond acceptors (Lipinski definition) is 4. The lowest BCUT2D eigenvalue weighted by Gasteiger charge is -2.26. The van der Waals surface area contributed by atoms with Crippen molar-refractivity contribution in [3.63, 3.8) is 0 Å². The van der Waals surface area contributed by atoms with E-state index in [1.807, 2.05) is 20.8 Å². The molecule has 1 amide bonds. The Balaban J connectivity index is 3.76. The third-order valence-corrected chi connectivity index (χ3v) is 2.82. The Bertz CT molecular complexity index is 273. The van der Waals surface area contributed by atoms with Gasteiger partial charge in [-0.05, 0) is 47.2 Å². The average molecular weight is 287 g/mol. The second-order valence-electron chi connectivity index (χ2n) is 6.88. The number of carbonyl (C=O) groups excluding carboxylic acids is 1. The molecular formula is C15H33N3O2. The van der Waals surface area contributed by atoms with Gasteiger partial charge in [0.1, 0.15) is 5.60 Å². The van der Waals surface area contributed by atoms with Gasteiger partial charge in [0.2, 0.25) is 0 Å². The molecule has 0 spiro atoms. The zero-order valence-corrected chi connectivity index (χ0v) is 14.2. The summed E-state index contributed by atoms with van der Waals surface area (Å²) in [4.78, 5) is 13.7. The lowest BCUT2D eigenvalue weighted by Crippen LogP contribution is -2.42. The van der Waals surface area contributed by atoms with Gasteiger partial charge in [0.15, 0.2) is 0 Å². The molecule has 0 bridgehead atoms. The summed E-state index contributed by atoms with van der Waals surface area (Å²) in [6.07, 6.45) is 0.810. The van der Waals surface area contributed by atoms with E-state index in [-0.39, 0.29) is 6.09 Å². The first-order chi connectivity index (χ1) is 9.11. The van der Waals surface area contributed by atoms with Gasteiger partial charge in [-0.15, -0.1) is 0 Å². The molecule has 0 aliphatic rings. The normalized spacial score (nSPS) is 13.7. The summed E-state index contributed by atoms with van der Waals surface area (Å²) in [5.41, 5.74) is -0.440. The van der Waals surface area contributed by atoms with Gasteiger partial charge in [-0.25, -0.2) is 4.79 Å². The Kier molecular flexibility index (Phi) is 8.81. The minimum absolute atomic E-state index is 0.356. The summed E-state index contributed by atoms with van der Waals surface area (Å²) in [7, 11) is 4.21. The zero-order chi connectivity index (χ0) is 15.8. The molecule has 0 heterocycles. The van der Waals surface area contributed by atoms with Crippen LogP contribution in [0.5, 0.6) is 0 Å². The molecule has 0 aromatic carbocycles. The quantitative estimate of drug-likeness (QED) is 0.671. The molecule has 0 saturated carbocycles. The lowest BCUT2D eigenvalue weighted by molar-refractivity contribution is 0.0528. The first kappa shape index (κ1) is 19.2. The Morgan fingerprint density at radius 1 is 1.20 bits per heavy atom. The van der Waals surface area contributed by atoms with Gasteiger partial charge in [0, 0.05) is 25.7 Å². The largest absolute Gasteiger partial charge is 0.444 e. The predicted octanol–water partition coefficient (Wildman–Crippen LogP) is 2.08. The van der Waals surface area contributed by atoms with Crippen molar-refractivity contribution >= 4 is 6.09 Å². The number of likely N-dealkylation sites (N-methyl/N-ethyl adjacent to an activating group) is 1. The summed E-state index contributed by atoms with van der Waals surface area (Å²) >= 11 is 0. The summed E-state index contributed by atoms with van der Waals surface area (Å²) in [5.74, 6) is 0.684. The van der Waals surface area contributed by atoms with E-state index in [0.29, 0.717) is 18.5 Å². The third kappa shape index (κ3) is 11.1. The van der Waals surface area contributed by atoms with Crippen molar-refractivity contribution < 1.29 is 9.53 Å². The maximum atomic E-state index is 11.4. The van der Waals surface area contributed by atoms with E-state index in [4.69, 9.17) is 4.74 Å². The molecule has 0 rings (SSSR count). The molecule has 0 aromatic heterocycles. The molecule has 0 fully saturated rings. The zero-order valence-electron chi connectivity index (χ0n) is 14.2. The van der Waals surface area contributed by atoms with Crippen molar-refractivity contribution in [2.24, 2.45) is 5.92 Å². The summed E-state index contributed by atoms with van der Waals surface area (Å²) < 4.78 is 5.17. The fourth-order valence-electron chi connectivity index (χ4n) is 1.86.